The lowest BCUT2D eigenvalue weighted by molar-refractivity contribution is 0.660. The number of nitrogens with zero attached hydrogens (tertiary/aromatic N) is 2. The van der Waals surface area contributed by atoms with Gasteiger partial charge >= 0.3 is 0 Å². The summed E-state index contributed by atoms with van der Waals surface area (Å²) >= 11 is 0. The van der Waals surface area contributed by atoms with E-state index in [9.17, 15) is 0 Å². The third kappa shape index (κ3) is 5.72. The second-order valence-electron chi connectivity index (χ2n) is 19.2. The van der Waals surface area contributed by atoms with Crippen molar-refractivity contribution >= 4 is 78.8 Å². The van der Waals surface area contributed by atoms with Crippen LogP contribution in [-0.2, 0) is 5.41 Å². The van der Waals surface area contributed by atoms with Crippen molar-refractivity contribution in [2.45, 2.75) is 19.3 Å². The first-order valence-corrected chi connectivity index (χ1v) is 23.9. The van der Waals surface area contributed by atoms with Gasteiger partial charge in [0.25, 0.3) is 6.71 Å². The van der Waals surface area contributed by atoms with Crippen molar-refractivity contribution in [3.63, 3.8) is 0 Å². The quantitative estimate of drug-likeness (QED) is 0.159. The largest absolute Gasteiger partial charge is 0.311 e. The lowest BCUT2D eigenvalue weighted by Crippen LogP contribution is -2.61. The zero-order chi connectivity index (χ0) is 45.1. The molecule has 3 aliphatic rings. The molecule has 0 radical (unpaired) electrons. The van der Waals surface area contributed by atoms with Crippen LogP contribution in [0.15, 0.2) is 237 Å². The van der Waals surface area contributed by atoms with E-state index in [1.807, 2.05) is 0 Å². The van der Waals surface area contributed by atoms with E-state index in [-0.39, 0.29) is 12.1 Å². The highest BCUT2D eigenvalue weighted by atomic mass is 15.2. The molecule has 0 atom stereocenters. The Morgan fingerprint density at radius 2 is 0.750 bits per heavy atom. The molecule has 0 unspecified atom stereocenters. The molecule has 11 aromatic rings. The molecule has 0 N–H and O–H groups in total. The van der Waals surface area contributed by atoms with E-state index in [1.54, 1.807) is 0 Å². The average Bonchev–Trinajstić information content (AvgIpc) is 3.63. The molecule has 14 rings (SSSR count). The molecule has 1 aliphatic carbocycles. The van der Waals surface area contributed by atoms with Gasteiger partial charge in [0.15, 0.2) is 0 Å². The topological polar surface area (TPSA) is 6.48 Å². The van der Waals surface area contributed by atoms with Crippen molar-refractivity contribution in [1.82, 2.24) is 0 Å². The first kappa shape index (κ1) is 38.8. The predicted molar refractivity (Wildman–Crippen MR) is 289 cm³/mol. The Kier molecular flexibility index (Phi) is 8.46. The third-order valence-electron chi connectivity index (χ3n) is 15.2. The molecule has 2 aliphatic heterocycles. The first-order valence-electron chi connectivity index (χ1n) is 23.9. The number of hydrogen-bond acceptors (Lipinski definition) is 2. The smallest absolute Gasteiger partial charge is 0.253 e. The zero-order valence-electron chi connectivity index (χ0n) is 38.0. The maximum atomic E-state index is 2.56. The number of anilines is 6. The van der Waals surface area contributed by atoms with Crippen LogP contribution in [0.3, 0.4) is 0 Å². The molecule has 11 aromatic carbocycles. The fourth-order valence-corrected chi connectivity index (χ4v) is 12.0. The summed E-state index contributed by atoms with van der Waals surface area (Å²) in [5.41, 5.74) is 23.6. The Labute approximate surface area is 398 Å². The maximum Gasteiger partial charge on any atom is 0.253 e. The molecule has 0 fully saturated rings. The molecule has 0 amide bonds. The highest BCUT2D eigenvalue weighted by Gasteiger charge is 2.45. The minimum absolute atomic E-state index is 0.0522. The van der Waals surface area contributed by atoms with Crippen LogP contribution in [0.1, 0.15) is 25.0 Å². The van der Waals surface area contributed by atoms with Gasteiger partial charge in [0.2, 0.25) is 0 Å². The Balaban J connectivity index is 1.08. The average molecular weight is 865 g/mol. The van der Waals surface area contributed by atoms with Crippen molar-refractivity contribution in [3.8, 4) is 44.5 Å². The fourth-order valence-electron chi connectivity index (χ4n) is 12.0. The van der Waals surface area contributed by atoms with Crippen molar-refractivity contribution in [1.29, 1.82) is 0 Å². The van der Waals surface area contributed by atoms with Crippen LogP contribution >= 0.6 is 0 Å². The van der Waals surface area contributed by atoms with E-state index >= 15 is 0 Å². The van der Waals surface area contributed by atoms with Crippen LogP contribution in [0.5, 0.6) is 0 Å². The lowest BCUT2D eigenvalue weighted by Gasteiger charge is -2.45. The van der Waals surface area contributed by atoms with Crippen LogP contribution in [0.4, 0.5) is 34.1 Å². The minimum atomic E-state index is -0.0794. The zero-order valence-corrected chi connectivity index (χ0v) is 38.0. The van der Waals surface area contributed by atoms with Crippen molar-refractivity contribution in [2.75, 3.05) is 9.80 Å². The van der Waals surface area contributed by atoms with Crippen LogP contribution < -0.4 is 26.2 Å². The molecule has 0 spiro atoms. The molecule has 68 heavy (non-hydrogen) atoms. The van der Waals surface area contributed by atoms with E-state index in [1.165, 1.54) is 116 Å². The van der Waals surface area contributed by atoms with Gasteiger partial charge in [0, 0.05) is 39.5 Å². The van der Waals surface area contributed by atoms with Gasteiger partial charge in [-0.25, -0.2) is 0 Å². The van der Waals surface area contributed by atoms with E-state index in [0.29, 0.717) is 0 Å². The Bertz CT molecular complexity index is 3620. The molecule has 0 saturated carbocycles. The van der Waals surface area contributed by atoms with Crippen LogP contribution in [0.25, 0.3) is 66.1 Å². The summed E-state index contributed by atoms with van der Waals surface area (Å²) in [7, 11) is 0. The SMILES string of the molecule is CC1(C)c2ccccc2-c2cc(-c3cc4c5c(c3)N(c3ccc(-c6ccccc6)cc3)c3ccc6ccccc6c3B5c3c(ccc5ccccc35)N4c3ccc(-c4ccccc4)cc3)ccc21. The van der Waals surface area contributed by atoms with E-state index < -0.39 is 0 Å². The third-order valence-corrected chi connectivity index (χ3v) is 15.2. The van der Waals surface area contributed by atoms with E-state index in [4.69, 9.17) is 0 Å². The highest BCUT2D eigenvalue weighted by molar-refractivity contribution is 7.03. The highest BCUT2D eigenvalue weighted by Crippen LogP contribution is 2.52. The van der Waals surface area contributed by atoms with Gasteiger partial charge in [0.1, 0.15) is 0 Å². The number of rotatable bonds is 5. The predicted octanol–water partition coefficient (Wildman–Crippen LogP) is 15.4. The Hall–Kier alpha value is -8.40. The number of benzene rings is 11. The van der Waals surface area contributed by atoms with Gasteiger partial charge in [-0.05, 0) is 148 Å². The summed E-state index contributed by atoms with van der Waals surface area (Å²) in [6.07, 6.45) is 0. The molecule has 0 aromatic heterocycles. The second kappa shape index (κ2) is 14.8. The summed E-state index contributed by atoms with van der Waals surface area (Å²) in [5, 5.41) is 5.05. The van der Waals surface area contributed by atoms with Crippen molar-refractivity contribution < 1.29 is 0 Å². The summed E-state index contributed by atoms with van der Waals surface area (Å²) < 4.78 is 0. The van der Waals surface area contributed by atoms with E-state index in [2.05, 4.69) is 260 Å². The van der Waals surface area contributed by atoms with Crippen LogP contribution in [0.2, 0.25) is 0 Å². The Morgan fingerprint density at radius 3 is 1.29 bits per heavy atom. The summed E-state index contributed by atoms with van der Waals surface area (Å²) in [6.45, 7) is 4.68. The molecular weight excluding hydrogens is 820 g/mol. The van der Waals surface area contributed by atoms with Gasteiger partial charge in [-0.3, -0.25) is 0 Å². The minimum Gasteiger partial charge on any atom is -0.311 e. The lowest BCUT2D eigenvalue weighted by atomic mass is 9.32. The van der Waals surface area contributed by atoms with E-state index in [0.717, 1.165) is 11.4 Å². The molecule has 2 nitrogen and oxygen atoms in total. The van der Waals surface area contributed by atoms with Crippen LogP contribution in [0, 0.1) is 0 Å². The van der Waals surface area contributed by atoms with Crippen molar-refractivity contribution in [2.24, 2.45) is 0 Å². The molecule has 0 bridgehead atoms. The van der Waals surface area contributed by atoms with Crippen molar-refractivity contribution in [3.05, 3.63) is 248 Å². The van der Waals surface area contributed by atoms with Gasteiger partial charge in [-0.15, -0.1) is 0 Å². The van der Waals surface area contributed by atoms with Gasteiger partial charge in [0.05, 0.1) is 0 Å². The molecule has 0 saturated heterocycles. The summed E-state index contributed by atoms with van der Waals surface area (Å²) in [6, 6.07) is 88.4. The summed E-state index contributed by atoms with van der Waals surface area (Å²) in [4.78, 5) is 5.13. The fraction of sp³-hybridized carbons (Fsp3) is 0.0462. The number of hydrogen-bond donors (Lipinski definition) is 0. The van der Waals surface area contributed by atoms with Gasteiger partial charge in [-0.2, -0.15) is 0 Å². The van der Waals surface area contributed by atoms with Crippen LogP contribution in [-0.4, -0.2) is 6.71 Å². The van der Waals surface area contributed by atoms with Gasteiger partial charge in [-0.1, -0.05) is 196 Å². The number of fused-ring (bicyclic) bond motifs is 11. The first-order chi connectivity index (χ1) is 33.5. The van der Waals surface area contributed by atoms with Gasteiger partial charge < -0.3 is 9.80 Å². The Morgan fingerprint density at radius 1 is 0.309 bits per heavy atom. The molecular formula is C65H45BN2. The second-order valence-corrected chi connectivity index (χ2v) is 19.2. The molecule has 3 heteroatoms. The monoisotopic (exact) mass is 864 g/mol. The molecule has 2 heterocycles. The molecule has 318 valence electrons. The summed E-state index contributed by atoms with van der Waals surface area (Å²) in [5.74, 6) is 0. The normalized spacial score (nSPS) is 13.8. The maximum absolute atomic E-state index is 2.56. The standard InChI is InChI=1S/C65H45BN2/c1-65(2)56-24-14-13-23-54(56)55-39-48(29-36-57(55)65)49-40-60-64-61(41-49)68(51-34-27-45(28-35-51)43-17-7-4-8-18-43)59-38-31-47-20-10-12-22-53(47)63(59)66(64)62-52-21-11-9-19-46(52)30-37-58(62)67(60)50-32-25-44(26-33-50)42-15-5-3-6-16-42/h3-41H,1-2H3.